The molecule has 1 aliphatic rings. The molecule has 2 aromatic carbocycles. The molecule has 28 heavy (non-hydrogen) atoms. The summed E-state index contributed by atoms with van der Waals surface area (Å²) in [5, 5.41) is 0. The quantitative estimate of drug-likeness (QED) is 0.681. The van der Waals surface area contributed by atoms with Crippen molar-refractivity contribution in [2.45, 2.75) is 12.5 Å². The highest BCUT2D eigenvalue weighted by molar-refractivity contribution is 5.62. The first-order valence-corrected chi connectivity index (χ1v) is 8.88. The zero-order valence-corrected chi connectivity index (χ0v) is 16.8. The molecular weight excluding hydrogens is 362 g/mol. The van der Waals surface area contributed by atoms with Crippen molar-refractivity contribution in [1.29, 1.82) is 0 Å². The van der Waals surface area contributed by atoms with E-state index in [2.05, 4.69) is 0 Å². The van der Waals surface area contributed by atoms with Crippen LogP contribution in [0.2, 0.25) is 0 Å². The van der Waals surface area contributed by atoms with E-state index in [1.165, 1.54) is 0 Å². The van der Waals surface area contributed by atoms with Crippen molar-refractivity contribution in [3.05, 3.63) is 41.0 Å². The minimum atomic E-state index is -0.310. The van der Waals surface area contributed by atoms with Crippen LogP contribution in [0.3, 0.4) is 0 Å². The molecule has 2 aromatic rings. The predicted molar refractivity (Wildman–Crippen MR) is 104 cm³/mol. The number of hydrogen-bond acceptors (Lipinski definition) is 6. The van der Waals surface area contributed by atoms with E-state index in [-0.39, 0.29) is 6.04 Å². The van der Waals surface area contributed by atoms with Gasteiger partial charge in [0.15, 0.2) is 23.0 Å². The van der Waals surface area contributed by atoms with Gasteiger partial charge in [0, 0.05) is 12.1 Å². The van der Waals surface area contributed by atoms with E-state index in [0.29, 0.717) is 41.7 Å². The van der Waals surface area contributed by atoms with E-state index in [1.54, 1.807) is 40.4 Å². The SMILES string of the molecule is COc1cc(C2c3ccc(OC)c(OC)c3CCN2C=O)cc(OC)c1OC. The molecule has 0 aromatic heterocycles. The maximum Gasteiger partial charge on any atom is 0.210 e. The van der Waals surface area contributed by atoms with Crippen molar-refractivity contribution in [3.8, 4) is 28.7 Å². The van der Waals surface area contributed by atoms with Crippen molar-refractivity contribution < 1.29 is 28.5 Å². The van der Waals surface area contributed by atoms with Crippen LogP contribution in [0.1, 0.15) is 22.7 Å². The third-order valence-corrected chi connectivity index (χ3v) is 5.07. The molecule has 0 saturated carbocycles. The van der Waals surface area contributed by atoms with E-state index in [4.69, 9.17) is 23.7 Å². The molecule has 0 spiro atoms. The van der Waals surface area contributed by atoms with Gasteiger partial charge in [0.1, 0.15) is 0 Å². The minimum Gasteiger partial charge on any atom is -0.493 e. The summed E-state index contributed by atoms with van der Waals surface area (Å²) in [5.41, 5.74) is 2.86. The van der Waals surface area contributed by atoms with Crippen LogP contribution in [0.4, 0.5) is 0 Å². The second kappa shape index (κ2) is 8.29. The van der Waals surface area contributed by atoms with Gasteiger partial charge in [0.25, 0.3) is 0 Å². The molecule has 0 radical (unpaired) electrons. The largest absolute Gasteiger partial charge is 0.493 e. The maximum atomic E-state index is 11.8. The van der Waals surface area contributed by atoms with Crippen LogP contribution >= 0.6 is 0 Å². The Kier molecular flexibility index (Phi) is 5.82. The first-order valence-electron chi connectivity index (χ1n) is 8.88. The zero-order chi connectivity index (χ0) is 20.3. The van der Waals surface area contributed by atoms with Gasteiger partial charge in [-0.25, -0.2) is 0 Å². The number of hydrogen-bond donors (Lipinski definition) is 0. The summed E-state index contributed by atoms with van der Waals surface area (Å²) < 4.78 is 27.5. The van der Waals surface area contributed by atoms with Crippen molar-refractivity contribution in [3.63, 3.8) is 0 Å². The average Bonchev–Trinajstić information content (AvgIpc) is 2.75. The number of benzene rings is 2. The van der Waals surface area contributed by atoms with Crippen LogP contribution < -0.4 is 23.7 Å². The predicted octanol–water partition coefficient (Wildman–Crippen LogP) is 2.83. The number of amides is 1. The Morgan fingerprint density at radius 2 is 1.46 bits per heavy atom. The third kappa shape index (κ3) is 3.17. The number of carbonyl (C=O) groups is 1. The van der Waals surface area contributed by atoms with Crippen LogP contribution in [-0.2, 0) is 11.2 Å². The second-order valence-electron chi connectivity index (χ2n) is 6.32. The van der Waals surface area contributed by atoms with Crippen molar-refractivity contribution >= 4 is 6.41 Å². The highest BCUT2D eigenvalue weighted by atomic mass is 16.5. The molecule has 0 saturated heterocycles. The molecule has 150 valence electrons. The Hall–Kier alpha value is -3.09. The van der Waals surface area contributed by atoms with Gasteiger partial charge in [-0.2, -0.15) is 0 Å². The topological polar surface area (TPSA) is 66.5 Å². The second-order valence-corrected chi connectivity index (χ2v) is 6.32. The van der Waals surface area contributed by atoms with E-state index >= 15 is 0 Å². The summed E-state index contributed by atoms with van der Waals surface area (Å²) in [5.74, 6) is 2.95. The van der Waals surface area contributed by atoms with Crippen molar-refractivity contribution in [2.24, 2.45) is 0 Å². The molecule has 1 heterocycles. The maximum absolute atomic E-state index is 11.8. The molecule has 1 aliphatic heterocycles. The normalized spacial score (nSPS) is 15.5. The molecule has 7 heteroatoms. The van der Waals surface area contributed by atoms with E-state index in [0.717, 1.165) is 23.1 Å². The molecule has 1 amide bonds. The van der Waals surface area contributed by atoms with Gasteiger partial charge in [-0.15, -0.1) is 0 Å². The highest BCUT2D eigenvalue weighted by Crippen LogP contribution is 2.46. The van der Waals surface area contributed by atoms with E-state index < -0.39 is 0 Å². The van der Waals surface area contributed by atoms with E-state index in [1.807, 2.05) is 24.3 Å². The minimum absolute atomic E-state index is 0.310. The Balaban J connectivity index is 2.22. The van der Waals surface area contributed by atoms with E-state index in [9.17, 15) is 4.79 Å². The van der Waals surface area contributed by atoms with Crippen LogP contribution in [0.5, 0.6) is 28.7 Å². The molecule has 0 bridgehead atoms. The monoisotopic (exact) mass is 387 g/mol. The smallest absolute Gasteiger partial charge is 0.210 e. The van der Waals surface area contributed by atoms with Gasteiger partial charge in [0.05, 0.1) is 41.6 Å². The van der Waals surface area contributed by atoms with Crippen LogP contribution in [0, 0.1) is 0 Å². The zero-order valence-electron chi connectivity index (χ0n) is 16.8. The average molecular weight is 387 g/mol. The Morgan fingerprint density at radius 1 is 0.857 bits per heavy atom. The van der Waals surface area contributed by atoms with Gasteiger partial charge in [-0.05, 0) is 35.7 Å². The summed E-state index contributed by atoms with van der Waals surface area (Å²) in [6, 6.07) is 7.26. The molecule has 1 atom stereocenters. The van der Waals surface area contributed by atoms with Crippen molar-refractivity contribution in [2.75, 3.05) is 42.1 Å². The molecular formula is C21H25NO6. The lowest BCUT2D eigenvalue weighted by atomic mass is 9.87. The summed E-state index contributed by atoms with van der Waals surface area (Å²) in [6.45, 7) is 0.557. The fourth-order valence-corrected chi connectivity index (χ4v) is 3.81. The lowest BCUT2D eigenvalue weighted by Crippen LogP contribution is -2.35. The third-order valence-electron chi connectivity index (χ3n) is 5.07. The Morgan fingerprint density at radius 3 is 1.96 bits per heavy atom. The van der Waals surface area contributed by atoms with Crippen LogP contribution in [0.25, 0.3) is 0 Å². The number of fused-ring (bicyclic) bond motifs is 1. The Labute approximate surface area is 164 Å². The van der Waals surface area contributed by atoms with Crippen molar-refractivity contribution in [1.82, 2.24) is 4.90 Å². The standard InChI is InChI=1S/C21H25NO6/c1-24-16-7-6-14-15(20(16)27-4)8-9-22(12-23)19(14)13-10-17(25-2)21(28-5)18(11-13)26-3/h6-7,10-12,19H,8-9H2,1-5H3. The summed E-state index contributed by atoms with van der Waals surface area (Å²) >= 11 is 0. The Bertz CT molecular complexity index is 841. The first-order chi connectivity index (χ1) is 13.6. The highest BCUT2D eigenvalue weighted by Gasteiger charge is 2.32. The fourth-order valence-electron chi connectivity index (χ4n) is 3.81. The van der Waals surface area contributed by atoms with Gasteiger partial charge in [-0.3, -0.25) is 4.79 Å². The van der Waals surface area contributed by atoms with Gasteiger partial charge in [0.2, 0.25) is 12.2 Å². The fraction of sp³-hybridized carbons (Fsp3) is 0.381. The summed E-state index contributed by atoms with van der Waals surface area (Å²) in [7, 11) is 7.94. The number of rotatable bonds is 7. The molecule has 1 unspecified atom stereocenters. The lowest BCUT2D eigenvalue weighted by molar-refractivity contribution is -0.120. The molecule has 0 fully saturated rings. The van der Waals surface area contributed by atoms with Crippen LogP contribution in [-0.4, -0.2) is 53.4 Å². The number of carbonyl (C=O) groups excluding carboxylic acids is 1. The number of methoxy groups -OCH3 is 5. The summed E-state index contributed by atoms with van der Waals surface area (Å²) in [4.78, 5) is 13.6. The molecule has 7 nitrogen and oxygen atoms in total. The van der Waals surface area contributed by atoms with Crippen LogP contribution in [0.15, 0.2) is 24.3 Å². The lowest BCUT2D eigenvalue weighted by Gasteiger charge is -2.36. The number of ether oxygens (including phenoxy) is 5. The summed E-state index contributed by atoms with van der Waals surface area (Å²) in [6.07, 6.45) is 1.54. The van der Waals surface area contributed by atoms with Gasteiger partial charge >= 0.3 is 0 Å². The van der Waals surface area contributed by atoms with Gasteiger partial charge < -0.3 is 28.6 Å². The first kappa shape index (κ1) is 19.7. The van der Waals surface area contributed by atoms with Gasteiger partial charge in [-0.1, -0.05) is 6.07 Å². The number of nitrogens with zero attached hydrogens (tertiary/aromatic N) is 1. The molecule has 3 rings (SSSR count). The molecule has 0 aliphatic carbocycles. The molecule has 0 N–H and O–H groups in total.